The molecule has 3 heteroatoms. The van der Waals surface area contributed by atoms with Crippen molar-refractivity contribution in [2.24, 2.45) is 0 Å². The molecule has 11 heavy (non-hydrogen) atoms. The minimum atomic E-state index is 0.623. The van der Waals surface area contributed by atoms with Crippen molar-refractivity contribution in [3.8, 4) is 6.07 Å². The van der Waals surface area contributed by atoms with E-state index in [4.69, 9.17) is 5.26 Å². The predicted molar refractivity (Wildman–Crippen MR) is 41.8 cm³/mol. The molecule has 0 saturated carbocycles. The molecule has 1 aromatic heterocycles. The second-order valence-corrected chi connectivity index (χ2v) is 2.43. The van der Waals surface area contributed by atoms with Crippen LogP contribution in [0.1, 0.15) is 18.7 Å². The summed E-state index contributed by atoms with van der Waals surface area (Å²) in [6.07, 6.45) is 5.25. The van der Waals surface area contributed by atoms with E-state index >= 15 is 0 Å². The van der Waals surface area contributed by atoms with Gasteiger partial charge in [0.1, 0.15) is 5.82 Å². The highest BCUT2D eigenvalue weighted by atomic mass is 15.0. The summed E-state index contributed by atoms with van der Waals surface area (Å²) in [7, 11) is 0. The van der Waals surface area contributed by atoms with Gasteiger partial charge in [0.05, 0.1) is 6.07 Å². The molecule has 0 radical (unpaired) electrons. The first-order valence-electron chi connectivity index (χ1n) is 3.69. The molecule has 0 bridgehead atoms. The lowest BCUT2D eigenvalue weighted by Crippen LogP contribution is -1.98. The second-order valence-electron chi connectivity index (χ2n) is 2.43. The Bertz CT molecular complexity index is 257. The van der Waals surface area contributed by atoms with Crippen molar-refractivity contribution in [3.05, 3.63) is 18.2 Å². The first-order valence-corrected chi connectivity index (χ1v) is 3.69. The normalized spacial score (nSPS) is 9.45. The molecule has 1 rings (SSSR count). The first kappa shape index (κ1) is 7.80. The standard InChI is InChI=1S/C8H11N3/c1-8-10-5-7-11(8)6-3-2-4-9/h5,7H,2-3,6H2,1H3. The highest BCUT2D eigenvalue weighted by molar-refractivity contribution is 4.88. The maximum atomic E-state index is 8.29. The average molecular weight is 149 g/mol. The van der Waals surface area contributed by atoms with Crippen LogP contribution < -0.4 is 0 Å². The van der Waals surface area contributed by atoms with Gasteiger partial charge in [0, 0.05) is 25.4 Å². The number of nitrogens with zero attached hydrogens (tertiary/aromatic N) is 3. The fourth-order valence-corrected chi connectivity index (χ4v) is 0.969. The maximum Gasteiger partial charge on any atom is 0.105 e. The van der Waals surface area contributed by atoms with E-state index in [1.165, 1.54) is 0 Å². The highest BCUT2D eigenvalue weighted by Gasteiger charge is 1.94. The van der Waals surface area contributed by atoms with Crippen molar-refractivity contribution in [3.63, 3.8) is 0 Å². The van der Waals surface area contributed by atoms with Gasteiger partial charge in [-0.3, -0.25) is 0 Å². The third-order valence-corrected chi connectivity index (χ3v) is 1.61. The Hall–Kier alpha value is -1.30. The molecular formula is C8H11N3. The molecule has 0 N–H and O–H groups in total. The number of aromatic nitrogens is 2. The van der Waals surface area contributed by atoms with Crippen LogP contribution in [0.5, 0.6) is 0 Å². The van der Waals surface area contributed by atoms with Gasteiger partial charge in [-0.1, -0.05) is 0 Å². The fourth-order valence-electron chi connectivity index (χ4n) is 0.969. The Morgan fingerprint density at radius 3 is 3.09 bits per heavy atom. The van der Waals surface area contributed by atoms with Crippen LogP contribution >= 0.6 is 0 Å². The molecule has 0 spiro atoms. The van der Waals surface area contributed by atoms with Crippen molar-refractivity contribution in [1.82, 2.24) is 9.55 Å². The molecule has 0 unspecified atom stereocenters. The monoisotopic (exact) mass is 149 g/mol. The smallest absolute Gasteiger partial charge is 0.105 e. The molecule has 58 valence electrons. The van der Waals surface area contributed by atoms with Crippen molar-refractivity contribution in [1.29, 1.82) is 5.26 Å². The van der Waals surface area contributed by atoms with Crippen LogP contribution in [0.25, 0.3) is 0 Å². The Morgan fingerprint density at radius 1 is 1.73 bits per heavy atom. The van der Waals surface area contributed by atoms with Gasteiger partial charge in [0.15, 0.2) is 0 Å². The van der Waals surface area contributed by atoms with E-state index in [1.807, 2.05) is 13.1 Å². The predicted octanol–water partition coefficient (Wildman–Crippen LogP) is 1.50. The summed E-state index contributed by atoms with van der Waals surface area (Å²) < 4.78 is 2.05. The summed E-state index contributed by atoms with van der Waals surface area (Å²) >= 11 is 0. The summed E-state index contributed by atoms with van der Waals surface area (Å²) in [5, 5.41) is 8.29. The molecule has 1 aromatic rings. The van der Waals surface area contributed by atoms with Gasteiger partial charge in [-0.2, -0.15) is 5.26 Å². The number of rotatable bonds is 3. The number of hydrogen-bond acceptors (Lipinski definition) is 2. The molecule has 0 aliphatic carbocycles. The quantitative estimate of drug-likeness (QED) is 0.611. The second kappa shape index (κ2) is 3.77. The molecule has 1 heterocycles. The van der Waals surface area contributed by atoms with E-state index in [2.05, 4.69) is 15.6 Å². The number of nitriles is 1. The van der Waals surface area contributed by atoms with E-state index in [0.717, 1.165) is 18.8 Å². The number of hydrogen-bond donors (Lipinski definition) is 0. The van der Waals surface area contributed by atoms with Crippen LogP contribution in [0, 0.1) is 18.3 Å². The van der Waals surface area contributed by atoms with Crippen molar-refractivity contribution in [2.45, 2.75) is 26.3 Å². The molecule has 3 nitrogen and oxygen atoms in total. The van der Waals surface area contributed by atoms with E-state index < -0.39 is 0 Å². The van der Waals surface area contributed by atoms with Gasteiger partial charge < -0.3 is 4.57 Å². The van der Waals surface area contributed by atoms with Crippen molar-refractivity contribution in [2.75, 3.05) is 0 Å². The summed E-state index contributed by atoms with van der Waals surface area (Å²) in [5.74, 6) is 1.02. The zero-order valence-electron chi connectivity index (χ0n) is 6.62. The lowest BCUT2D eigenvalue weighted by Gasteiger charge is -2.00. The van der Waals surface area contributed by atoms with Crippen LogP contribution in [0.4, 0.5) is 0 Å². The molecule has 0 saturated heterocycles. The summed E-state index contributed by atoms with van der Waals surface area (Å²) in [5.41, 5.74) is 0. The molecule has 0 fully saturated rings. The third-order valence-electron chi connectivity index (χ3n) is 1.61. The molecule has 0 aliphatic heterocycles. The van der Waals surface area contributed by atoms with E-state index in [1.54, 1.807) is 6.20 Å². The highest BCUT2D eigenvalue weighted by Crippen LogP contribution is 1.98. The summed E-state index contributed by atoms with van der Waals surface area (Å²) in [6, 6.07) is 2.12. The molecule has 0 amide bonds. The average Bonchev–Trinajstić information content (AvgIpc) is 2.37. The van der Waals surface area contributed by atoms with E-state index in [0.29, 0.717) is 6.42 Å². The van der Waals surface area contributed by atoms with Crippen molar-refractivity contribution < 1.29 is 0 Å². The Morgan fingerprint density at radius 2 is 2.55 bits per heavy atom. The number of unbranched alkanes of at least 4 members (excludes halogenated alkanes) is 1. The zero-order valence-corrected chi connectivity index (χ0v) is 6.62. The Kier molecular flexibility index (Phi) is 2.67. The molecule has 0 aromatic carbocycles. The molecule has 0 atom stereocenters. The van der Waals surface area contributed by atoms with Crippen LogP contribution in [0.15, 0.2) is 12.4 Å². The SMILES string of the molecule is Cc1nccn1CCCC#N. The number of aryl methyl sites for hydroxylation is 2. The van der Waals surface area contributed by atoms with Gasteiger partial charge in [0.25, 0.3) is 0 Å². The molecular weight excluding hydrogens is 138 g/mol. The van der Waals surface area contributed by atoms with Crippen molar-refractivity contribution >= 4 is 0 Å². The van der Waals surface area contributed by atoms with Crippen LogP contribution in [0.2, 0.25) is 0 Å². The summed E-state index contributed by atoms with van der Waals surface area (Å²) in [4.78, 5) is 4.08. The van der Waals surface area contributed by atoms with Gasteiger partial charge in [0.2, 0.25) is 0 Å². The van der Waals surface area contributed by atoms with Crippen LogP contribution in [-0.2, 0) is 6.54 Å². The Labute approximate surface area is 66.3 Å². The zero-order chi connectivity index (χ0) is 8.10. The van der Waals surface area contributed by atoms with Gasteiger partial charge in [-0.05, 0) is 13.3 Å². The first-order chi connectivity index (χ1) is 5.34. The Balaban J connectivity index is 2.40. The van der Waals surface area contributed by atoms with Gasteiger partial charge >= 0.3 is 0 Å². The third kappa shape index (κ3) is 2.08. The van der Waals surface area contributed by atoms with Crippen LogP contribution in [-0.4, -0.2) is 9.55 Å². The lowest BCUT2D eigenvalue weighted by atomic mass is 10.3. The minimum Gasteiger partial charge on any atom is -0.335 e. The molecule has 0 aliphatic rings. The topological polar surface area (TPSA) is 41.6 Å². The summed E-state index contributed by atoms with van der Waals surface area (Å²) in [6.45, 7) is 2.87. The number of imidazole rings is 1. The van der Waals surface area contributed by atoms with E-state index in [-0.39, 0.29) is 0 Å². The van der Waals surface area contributed by atoms with Gasteiger partial charge in [-0.25, -0.2) is 4.98 Å². The lowest BCUT2D eigenvalue weighted by molar-refractivity contribution is 0.635. The maximum absolute atomic E-state index is 8.29. The van der Waals surface area contributed by atoms with Gasteiger partial charge in [-0.15, -0.1) is 0 Å². The van der Waals surface area contributed by atoms with E-state index in [9.17, 15) is 0 Å². The fraction of sp³-hybridized carbons (Fsp3) is 0.500. The largest absolute Gasteiger partial charge is 0.335 e. The minimum absolute atomic E-state index is 0.623. The van der Waals surface area contributed by atoms with Crippen LogP contribution in [0.3, 0.4) is 0 Å².